The van der Waals surface area contributed by atoms with Gasteiger partial charge in [-0.15, -0.1) is 0 Å². The molecule has 108 valence electrons. The molecule has 1 aromatic rings. The molecule has 0 radical (unpaired) electrons. The smallest absolute Gasteiger partial charge is 0.399 e. The zero-order valence-corrected chi connectivity index (χ0v) is 12.5. The van der Waals surface area contributed by atoms with E-state index in [0.717, 1.165) is 0 Å². The summed E-state index contributed by atoms with van der Waals surface area (Å²) in [6, 6.07) is 1.27. The minimum atomic E-state index is -0.779. The summed E-state index contributed by atoms with van der Waals surface area (Å²) in [5.74, 6) is -0.518. The molecule has 0 aliphatic carbocycles. The Bertz CT molecular complexity index is 529. The van der Waals surface area contributed by atoms with Crippen molar-refractivity contribution in [1.29, 1.82) is 0 Å². The van der Waals surface area contributed by atoms with Crippen molar-refractivity contribution in [3.05, 3.63) is 23.8 Å². The summed E-state index contributed by atoms with van der Waals surface area (Å²) in [6.45, 7) is 9.07. The van der Waals surface area contributed by atoms with Crippen LogP contribution in [0.1, 0.15) is 40.3 Å². The topological polar surface area (TPSA) is 48.4 Å². The van der Waals surface area contributed by atoms with Gasteiger partial charge in [-0.05, 0) is 40.7 Å². The molecule has 0 atom stereocenters. The molecule has 0 unspecified atom stereocenters. The molecular formula is C14H19BFNO3. The van der Waals surface area contributed by atoms with Gasteiger partial charge in [0.1, 0.15) is 11.6 Å². The zero-order valence-electron chi connectivity index (χ0n) is 12.5. The Morgan fingerprint density at radius 3 is 2.30 bits per heavy atom. The van der Waals surface area contributed by atoms with Crippen LogP contribution in [-0.4, -0.2) is 29.1 Å². The highest BCUT2D eigenvalue weighted by atomic mass is 19.1. The minimum Gasteiger partial charge on any atom is -0.399 e. The van der Waals surface area contributed by atoms with Crippen molar-refractivity contribution in [3.63, 3.8) is 0 Å². The molecule has 2 rings (SSSR count). The SMILES string of the molecule is CC(=O)Cc1cc(F)c(B2OC(C)(C)C(C)(C)O2)cn1. The van der Waals surface area contributed by atoms with Gasteiger partial charge in [-0.25, -0.2) is 4.39 Å². The fourth-order valence-corrected chi connectivity index (χ4v) is 1.98. The molecule has 1 fully saturated rings. The van der Waals surface area contributed by atoms with E-state index in [1.807, 2.05) is 27.7 Å². The van der Waals surface area contributed by atoms with E-state index < -0.39 is 24.1 Å². The molecule has 0 spiro atoms. The lowest BCUT2D eigenvalue weighted by Crippen LogP contribution is -2.41. The second-order valence-corrected chi connectivity index (χ2v) is 6.16. The van der Waals surface area contributed by atoms with Crippen LogP contribution in [0.15, 0.2) is 12.3 Å². The van der Waals surface area contributed by atoms with Crippen LogP contribution in [0.3, 0.4) is 0 Å². The van der Waals surface area contributed by atoms with E-state index in [2.05, 4.69) is 4.98 Å². The Balaban J connectivity index is 2.25. The zero-order chi connectivity index (χ0) is 15.1. The summed E-state index contributed by atoms with van der Waals surface area (Å²) in [7, 11) is -0.779. The van der Waals surface area contributed by atoms with Gasteiger partial charge in [0.15, 0.2) is 0 Å². The van der Waals surface area contributed by atoms with Gasteiger partial charge in [-0.1, -0.05) is 0 Å². The van der Waals surface area contributed by atoms with E-state index in [-0.39, 0.29) is 17.7 Å². The standard InChI is InChI=1S/C14H19BFNO3/c1-9(18)6-10-7-12(16)11(8-17-10)15-19-13(2,3)14(4,5)20-15/h7-8H,6H2,1-5H3. The lowest BCUT2D eigenvalue weighted by molar-refractivity contribution is -0.116. The van der Waals surface area contributed by atoms with E-state index in [1.165, 1.54) is 19.2 Å². The average Bonchev–Trinajstić information content (AvgIpc) is 2.46. The van der Waals surface area contributed by atoms with Crippen molar-refractivity contribution in [2.24, 2.45) is 0 Å². The first-order valence-corrected chi connectivity index (χ1v) is 6.62. The number of carbonyl (C=O) groups excluding carboxylic acids is 1. The molecule has 1 saturated heterocycles. The third-order valence-corrected chi connectivity index (χ3v) is 3.88. The highest BCUT2D eigenvalue weighted by Crippen LogP contribution is 2.36. The average molecular weight is 279 g/mol. The number of rotatable bonds is 3. The van der Waals surface area contributed by atoms with E-state index in [9.17, 15) is 9.18 Å². The third kappa shape index (κ3) is 2.76. The molecule has 0 N–H and O–H groups in total. The summed E-state index contributed by atoms with van der Waals surface area (Å²) in [5.41, 5.74) is -0.379. The summed E-state index contributed by atoms with van der Waals surface area (Å²) < 4.78 is 25.7. The predicted octanol–water partition coefficient (Wildman–Crippen LogP) is 1.65. The summed E-state index contributed by atoms with van der Waals surface area (Å²) in [6.07, 6.45) is 1.51. The molecule has 1 aliphatic heterocycles. The molecule has 0 saturated carbocycles. The maximum Gasteiger partial charge on any atom is 0.499 e. The van der Waals surface area contributed by atoms with Gasteiger partial charge >= 0.3 is 7.12 Å². The van der Waals surface area contributed by atoms with E-state index in [1.54, 1.807) is 0 Å². The summed E-state index contributed by atoms with van der Waals surface area (Å²) in [4.78, 5) is 15.1. The molecule has 4 nitrogen and oxygen atoms in total. The van der Waals surface area contributed by atoms with E-state index in [0.29, 0.717) is 5.69 Å². The number of pyridine rings is 1. The van der Waals surface area contributed by atoms with Crippen molar-refractivity contribution in [1.82, 2.24) is 4.98 Å². The minimum absolute atomic E-state index is 0.0553. The maximum atomic E-state index is 14.1. The molecule has 2 heterocycles. The lowest BCUT2D eigenvalue weighted by Gasteiger charge is -2.32. The van der Waals surface area contributed by atoms with Gasteiger partial charge < -0.3 is 9.31 Å². The van der Waals surface area contributed by atoms with Gasteiger partial charge in [0.2, 0.25) is 0 Å². The normalized spacial score (nSPS) is 20.2. The van der Waals surface area contributed by atoms with Gasteiger partial charge in [-0.3, -0.25) is 9.78 Å². The van der Waals surface area contributed by atoms with Crippen molar-refractivity contribution in [2.75, 3.05) is 0 Å². The number of aromatic nitrogens is 1. The van der Waals surface area contributed by atoms with Crippen LogP contribution in [0.5, 0.6) is 0 Å². The number of Topliss-reactive ketones (excluding diaryl/α,β-unsaturated/α-hetero) is 1. The Hall–Kier alpha value is -1.27. The fraction of sp³-hybridized carbons (Fsp3) is 0.571. The molecule has 0 aromatic carbocycles. The second-order valence-electron chi connectivity index (χ2n) is 6.16. The summed E-state index contributed by atoms with van der Waals surface area (Å²) in [5, 5.41) is 0. The second kappa shape index (κ2) is 4.93. The molecular weight excluding hydrogens is 260 g/mol. The number of ketones is 1. The van der Waals surface area contributed by atoms with Gasteiger partial charge in [0.25, 0.3) is 0 Å². The van der Waals surface area contributed by atoms with E-state index in [4.69, 9.17) is 9.31 Å². The molecule has 6 heteroatoms. The molecule has 20 heavy (non-hydrogen) atoms. The third-order valence-electron chi connectivity index (χ3n) is 3.88. The van der Waals surface area contributed by atoms with Gasteiger partial charge in [-0.2, -0.15) is 0 Å². The Morgan fingerprint density at radius 2 is 1.85 bits per heavy atom. The molecule has 1 aliphatic rings. The van der Waals surface area contributed by atoms with Crippen molar-refractivity contribution in [3.8, 4) is 0 Å². The molecule has 0 bridgehead atoms. The monoisotopic (exact) mass is 279 g/mol. The first-order valence-electron chi connectivity index (χ1n) is 6.62. The molecule has 1 aromatic heterocycles. The van der Waals surface area contributed by atoms with Gasteiger partial charge in [0, 0.05) is 18.1 Å². The number of halogens is 1. The molecule has 0 amide bonds. The van der Waals surface area contributed by atoms with E-state index >= 15 is 0 Å². The fourth-order valence-electron chi connectivity index (χ4n) is 1.98. The van der Waals surface area contributed by atoms with Crippen LogP contribution < -0.4 is 5.46 Å². The van der Waals surface area contributed by atoms with Crippen LogP contribution >= 0.6 is 0 Å². The maximum absolute atomic E-state index is 14.1. The highest BCUT2D eigenvalue weighted by molar-refractivity contribution is 6.62. The first-order chi connectivity index (χ1) is 9.12. The Kier molecular flexibility index (Phi) is 3.73. The quantitative estimate of drug-likeness (QED) is 0.789. The number of hydrogen-bond donors (Lipinski definition) is 0. The summed E-state index contributed by atoms with van der Waals surface area (Å²) >= 11 is 0. The van der Waals surface area contributed by atoms with Crippen molar-refractivity contribution < 1.29 is 18.5 Å². The number of hydrogen-bond acceptors (Lipinski definition) is 4. The van der Waals surface area contributed by atoms with Crippen LogP contribution in [0.4, 0.5) is 4.39 Å². The Labute approximate surface area is 118 Å². The number of nitrogens with zero attached hydrogens (tertiary/aromatic N) is 1. The van der Waals surface area contributed by atoms with Crippen LogP contribution in [0.2, 0.25) is 0 Å². The predicted molar refractivity (Wildman–Crippen MR) is 74.3 cm³/mol. The van der Waals surface area contributed by atoms with Crippen LogP contribution in [0.25, 0.3) is 0 Å². The Morgan fingerprint density at radius 1 is 1.30 bits per heavy atom. The van der Waals surface area contributed by atoms with Crippen LogP contribution in [0, 0.1) is 5.82 Å². The van der Waals surface area contributed by atoms with Crippen LogP contribution in [-0.2, 0) is 20.5 Å². The lowest BCUT2D eigenvalue weighted by atomic mass is 9.79. The number of carbonyl (C=O) groups is 1. The largest absolute Gasteiger partial charge is 0.499 e. The highest BCUT2D eigenvalue weighted by Gasteiger charge is 2.52. The van der Waals surface area contributed by atoms with Crippen molar-refractivity contribution >= 4 is 18.4 Å². The first kappa shape index (κ1) is 15.1. The van der Waals surface area contributed by atoms with Gasteiger partial charge in [0.05, 0.1) is 16.9 Å². The van der Waals surface area contributed by atoms with Crippen molar-refractivity contribution in [2.45, 2.75) is 52.2 Å².